The normalized spacial score (nSPS) is 10.6. The van der Waals surface area contributed by atoms with Crippen molar-refractivity contribution in [2.24, 2.45) is 0 Å². The van der Waals surface area contributed by atoms with Crippen LogP contribution in [0.4, 0.5) is 0 Å². The molecule has 3 N–H and O–H groups in total. The molecule has 0 saturated carbocycles. The second-order valence-electron chi connectivity index (χ2n) is 3.38. The van der Waals surface area contributed by atoms with Gasteiger partial charge in [0.1, 0.15) is 12.1 Å². The van der Waals surface area contributed by atoms with Gasteiger partial charge >= 0.3 is 5.97 Å². The van der Waals surface area contributed by atoms with E-state index < -0.39 is 11.5 Å². The zero-order chi connectivity index (χ0) is 12.6. The molecule has 0 aliphatic carbocycles. The molecule has 0 rings (SSSR count). The fraction of sp³-hybridized carbons (Fsp3) is 0.700. The van der Waals surface area contributed by atoms with Gasteiger partial charge in [-0.2, -0.15) is 5.26 Å². The SMILES string of the molecule is CCC(CC)(NCC(=O)NCC#N)C(=O)O. The number of aliphatic carboxylic acids is 1. The third kappa shape index (κ3) is 3.87. The number of carbonyl (C=O) groups is 2. The number of nitriles is 1. The lowest BCUT2D eigenvalue weighted by atomic mass is 9.93. The molecule has 6 heteroatoms. The van der Waals surface area contributed by atoms with Gasteiger partial charge in [0, 0.05) is 0 Å². The van der Waals surface area contributed by atoms with E-state index in [-0.39, 0.29) is 19.0 Å². The molecule has 0 aromatic rings. The smallest absolute Gasteiger partial charge is 0.323 e. The summed E-state index contributed by atoms with van der Waals surface area (Å²) in [6.45, 7) is 3.32. The van der Waals surface area contributed by atoms with Crippen LogP contribution in [0.25, 0.3) is 0 Å². The molecular weight excluding hydrogens is 210 g/mol. The van der Waals surface area contributed by atoms with Crippen molar-refractivity contribution in [1.29, 1.82) is 5.26 Å². The van der Waals surface area contributed by atoms with Crippen LogP contribution in [0.15, 0.2) is 0 Å². The minimum absolute atomic E-state index is 0.0706. The van der Waals surface area contributed by atoms with Crippen LogP contribution in [-0.4, -0.2) is 35.6 Å². The van der Waals surface area contributed by atoms with Crippen LogP contribution in [0.3, 0.4) is 0 Å². The van der Waals surface area contributed by atoms with E-state index in [2.05, 4.69) is 10.6 Å². The van der Waals surface area contributed by atoms with Gasteiger partial charge < -0.3 is 10.4 Å². The number of rotatable bonds is 7. The Morgan fingerprint density at radius 1 is 1.38 bits per heavy atom. The Hall–Kier alpha value is -1.61. The van der Waals surface area contributed by atoms with E-state index in [1.807, 2.05) is 0 Å². The first-order valence-corrected chi connectivity index (χ1v) is 5.14. The lowest BCUT2D eigenvalue weighted by Gasteiger charge is -2.27. The van der Waals surface area contributed by atoms with Crippen LogP contribution >= 0.6 is 0 Å². The topological polar surface area (TPSA) is 102 Å². The summed E-state index contributed by atoms with van der Waals surface area (Å²) >= 11 is 0. The minimum atomic E-state index is -1.07. The first-order valence-electron chi connectivity index (χ1n) is 5.14. The second kappa shape index (κ2) is 6.80. The van der Waals surface area contributed by atoms with E-state index in [0.717, 1.165) is 0 Å². The number of hydrogen-bond donors (Lipinski definition) is 3. The summed E-state index contributed by atoms with van der Waals surface area (Å²) in [6, 6.07) is 1.77. The zero-order valence-corrected chi connectivity index (χ0v) is 9.54. The first kappa shape index (κ1) is 14.4. The predicted molar refractivity (Wildman–Crippen MR) is 57.6 cm³/mol. The maximum Gasteiger partial charge on any atom is 0.323 e. The van der Waals surface area contributed by atoms with Crippen molar-refractivity contribution in [2.75, 3.05) is 13.1 Å². The largest absolute Gasteiger partial charge is 0.480 e. The van der Waals surface area contributed by atoms with Gasteiger partial charge in [-0.25, -0.2) is 0 Å². The molecule has 1 amide bonds. The number of hydrogen-bond acceptors (Lipinski definition) is 4. The van der Waals surface area contributed by atoms with Crippen molar-refractivity contribution >= 4 is 11.9 Å². The van der Waals surface area contributed by atoms with Crippen LogP contribution in [0.2, 0.25) is 0 Å². The molecule has 0 spiro atoms. The standard InChI is InChI=1S/C10H17N3O3/c1-3-10(4-2,9(15)16)13-7-8(14)12-6-5-11/h13H,3-4,6-7H2,1-2H3,(H,12,14)(H,15,16). The zero-order valence-electron chi connectivity index (χ0n) is 9.54. The van der Waals surface area contributed by atoms with Gasteiger partial charge in [-0.15, -0.1) is 0 Å². The van der Waals surface area contributed by atoms with Gasteiger partial charge in [0.15, 0.2) is 0 Å². The van der Waals surface area contributed by atoms with Crippen LogP contribution in [0.5, 0.6) is 0 Å². The highest BCUT2D eigenvalue weighted by Crippen LogP contribution is 2.14. The average molecular weight is 227 g/mol. The summed E-state index contributed by atoms with van der Waals surface area (Å²) in [5.41, 5.74) is -1.07. The third-order valence-corrected chi connectivity index (χ3v) is 2.57. The van der Waals surface area contributed by atoms with Gasteiger partial charge in [-0.3, -0.25) is 14.9 Å². The van der Waals surface area contributed by atoms with Crippen molar-refractivity contribution in [2.45, 2.75) is 32.2 Å². The summed E-state index contributed by atoms with van der Waals surface area (Å²) in [5, 5.41) is 22.4. The molecule has 16 heavy (non-hydrogen) atoms. The molecular formula is C10H17N3O3. The Labute approximate surface area is 94.6 Å². The molecule has 0 radical (unpaired) electrons. The second-order valence-corrected chi connectivity index (χ2v) is 3.38. The van der Waals surface area contributed by atoms with Gasteiger partial charge in [-0.05, 0) is 12.8 Å². The van der Waals surface area contributed by atoms with Crippen LogP contribution < -0.4 is 10.6 Å². The average Bonchev–Trinajstić information content (AvgIpc) is 2.28. The van der Waals surface area contributed by atoms with Crippen LogP contribution in [-0.2, 0) is 9.59 Å². The molecule has 0 saturated heterocycles. The van der Waals surface area contributed by atoms with Crippen LogP contribution in [0.1, 0.15) is 26.7 Å². The highest BCUT2D eigenvalue weighted by atomic mass is 16.4. The fourth-order valence-electron chi connectivity index (χ4n) is 1.33. The monoisotopic (exact) mass is 227 g/mol. The summed E-state index contributed by atoms with van der Waals surface area (Å²) in [6.07, 6.45) is 0.786. The van der Waals surface area contributed by atoms with Crippen molar-refractivity contribution in [3.8, 4) is 6.07 Å². The van der Waals surface area contributed by atoms with Gasteiger partial charge in [0.05, 0.1) is 12.6 Å². The summed E-state index contributed by atoms with van der Waals surface area (Å²) < 4.78 is 0. The Morgan fingerprint density at radius 3 is 2.31 bits per heavy atom. The molecule has 0 aromatic carbocycles. The van der Waals surface area contributed by atoms with Gasteiger partial charge in [-0.1, -0.05) is 13.8 Å². The van der Waals surface area contributed by atoms with Gasteiger partial charge in [0.25, 0.3) is 0 Å². The van der Waals surface area contributed by atoms with E-state index in [0.29, 0.717) is 12.8 Å². The minimum Gasteiger partial charge on any atom is -0.480 e. The molecule has 0 aromatic heterocycles. The lowest BCUT2D eigenvalue weighted by molar-refractivity contribution is -0.145. The summed E-state index contributed by atoms with van der Waals surface area (Å²) in [7, 11) is 0. The molecule has 90 valence electrons. The molecule has 6 nitrogen and oxygen atoms in total. The number of nitrogens with one attached hydrogen (secondary N) is 2. The summed E-state index contributed by atoms with van der Waals surface area (Å²) in [5.74, 6) is -1.35. The Balaban J connectivity index is 4.28. The maximum absolute atomic E-state index is 11.2. The van der Waals surface area contributed by atoms with E-state index in [9.17, 15) is 9.59 Å². The van der Waals surface area contributed by atoms with Crippen LogP contribution in [0, 0.1) is 11.3 Å². The van der Waals surface area contributed by atoms with E-state index in [1.54, 1.807) is 19.9 Å². The maximum atomic E-state index is 11.2. The van der Waals surface area contributed by atoms with Crippen molar-refractivity contribution in [3.63, 3.8) is 0 Å². The van der Waals surface area contributed by atoms with Crippen molar-refractivity contribution in [3.05, 3.63) is 0 Å². The molecule has 0 unspecified atom stereocenters. The number of amides is 1. The highest BCUT2D eigenvalue weighted by molar-refractivity contribution is 5.82. The van der Waals surface area contributed by atoms with Crippen molar-refractivity contribution in [1.82, 2.24) is 10.6 Å². The third-order valence-electron chi connectivity index (χ3n) is 2.57. The predicted octanol–water partition coefficient (Wildman–Crippen LogP) is -0.141. The van der Waals surface area contributed by atoms with Crippen molar-refractivity contribution < 1.29 is 14.7 Å². The Kier molecular flexibility index (Phi) is 6.11. The molecule has 0 bridgehead atoms. The Bertz CT molecular complexity index is 292. The first-order chi connectivity index (χ1) is 7.52. The van der Waals surface area contributed by atoms with E-state index in [4.69, 9.17) is 10.4 Å². The molecule has 0 aliphatic heterocycles. The fourth-order valence-corrected chi connectivity index (χ4v) is 1.33. The molecule has 0 heterocycles. The van der Waals surface area contributed by atoms with E-state index in [1.165, 1.54) is 0 Å². The number of carboxylic acids is 1. The van der Waals surface area contributed by atoms with Gasteiger partial charge in [0.2, 0.25) is 5.91 Å². The quantitative estimate of drug-likeness (QED) is 0.525. The lowest BCUT2D eigenvalue weighted by Crippen LogP contribution is -2.54. The summed E-state index contributed by atoms with van der Waals surface area (Å²) in [4.78, 5) is 22.2. The Morgan fingerprint density at radius 2 is 1.94 bits per heavy atom. The number of carbonyl (C=O) groups excluding carboxylic acids is 1. The molecule has 0 fully saturated rings. The molecule has 0 atom stereocenters. The molecule has 0 aliphatic rings. The van der Waals surface area contributed by atoms with E-state index >= 15 is 0 Å². The highest BCUT2D eigenvalue weighted by Gasteiger charge is 2.34. The number of nitrogens with zero attached hydrogens (tertiary/aromatic N) is 1. The number of carboxylic acid groups (broad SMARTS) is 1.